The number of hydrogen-bond donors (Lipinski definition) is 1. The van der Waals surface area contributed by atoms with Gasteiger partial charge in [0.1, 0.15) is 57.4 Å². The Hall–Kier alpha value is -5.43. The van der Waals surface area contributed by atoms with Gasteiger partial charge in [-0.2, -0.15) is 0 Å². The lowest BCUT2D eigenvalue weighted by atomic mass is 9.92. The third-order valence-corrected chi connectivity index (χ3v) is 19.4. The molecule has 0 saturated heterocycles. The maximum absolute atomic E-state index is 14.1. The van der Waals surface area contributed by atoms with Crippen molar-refractivity contribution in [1.82, 2.24) is 0 Å². The predicted octanol–water partition coefficient (Wildman–Crippen LogP) is 8.52. The van der Waals surface area contributed by atoms with Gasteiger partial charge in [-0.05, 0) is 103 Å². The molecule has 3 nitrogen and oxygen atoms in total. The predicted molar refractivity (Wildman–Crippen MR) is 229 cm³/mol. The van der Waals surface area contributed by atoms with E-state index in [1.54, 1.807) is 0 Å². The lowest BCUT2D eigenvalue weighted by Gasteiger charge is -2.35. The smallest absolute Gasteiger partial charge is 0.165 e. The molecule has 0 spiro atoms. The molecule has 1 atom stereocenters. The van der Waals surface area contributed by atoms with Gasteiger partial charge in [0.2, 0.25) is 0 Å². The average molecular weight is 741 g/mol. The number of rotatable bonds is 10. The topological polar surface area (TPSA) is 46.5 Å². The summed E-state index contributed by atoms with van der Waals surface area (Å²) in [7, 11) is -5.27. The van der Waals surface area contributed by atoms with Gasteiger partial charge in [-0.1, -0.05) is 109 Å². The zero-order valence-corrected chi connectivity index (χ0v) is 31.8. The molecule has 0 aromatic heterocycles. The van der Waals surface area contributed by atoms with Crippen LogP contribution in [0, 0.1) is 0 Å². The quantitative estimate of drug-likeness (QED) is 0.113. The summed E-state index contributed by atoms with van der Waals surface area (Å²) in [4.78, 5) is 14.1. The molecular weight excluding hydrogens is 698 g/mol. The van der Waals surface area contributed by atoms with Crippen molar-refractivity contribution in [3.05, 3.63) is 228 Å². The molecule has 2 aliphatic rings. The summed E-state index contributed by atoms with van der Waals surface area (Å²) in [5.74, 6) is 0.111. The molecule has 0 fully saturated rings. The van der Waals surface area contributed by atoms with Crippen molar-refractivity contribution in [1.29, 1.82) is 0 Å². The highest BCUT2D eigenvalue weighted by Crippen LogP contribution is 2.65. The average Bonchev–Trinajstić information content (AvgIpc) is 3.24. The number of allylic oxidation sites excluding steroid dienone is 4. The Bertz CT molecular complexity index is 2140. The SMILES string of the molecule is O=CC(/C1=C\C(O)=C/C([P+](c2ccccc2)(c2ccccc2)c2ccccc2)=CC2=C1COCC2)[P+](c1ccccc1)(c1ccccc1)c1ccccc1. The van der Waals surface area contributed by atoms with Crippen LogP contribution < -0.4 is 31.8 Å². The first-order valence-electron chi connectivity index (χ1n) is 18.4. The third kappa shape index (κ3) is 6.33. The van der Waals surface area contributed by atoms with E-state index in [2.05, 4.69) is 170 Å². The van der Waals surface area contributed by atoms with Crippen molar-refractivity contribution in [2.45, 2.75) is 12.1 Å². The van der Waals surface area contributed by atoms with Gasteiger partial charge in [0.25, 0.3) is 0 Å². The van der Waals surface area contributed by atoms with E-state index in [-0.39, 0.29) is 5.76 Å². The van der Waals surface area contributed by atoms with Crippen LogP contribution in [0.4, 0.5) is 0 Å². The molecular formula is C49H42O3P2+2. The Labute approximate surface area is 319 Å². The second-order valence-electron chi connectivity index (χ2n) is 13.5. The Kier molecular flexibility index (Phi) is 10.5. The van der Waals surface area contributed by atoms with E-state index >= 15 is 0 Å². The fraction of sp³-hybridized carbons (Fsp3) is 0.0816. The molecule has 0 radical (unpaired) electrons. The molecule has 8 rings (SSSR count). The lowest BCUT2D eigenvalue weighted by molar-refractivity contribution is -0.107. The number of aliphatic hydroxyl groups excluding tert-OH is 1. The molecule has 264 valence electrons. The summed E-state index contributed by atoms with van der Waals surface area (Å²) in [5, 5.41) is 20.3. The molecule has 1 unspecified atom stereocenters. The molecule has 0 saturated carbocycles. The van der Waals surface area contributed by atoms with Gasteiger partial charge in [-0.15, -0.1) is 0 Å². The zero-order chi connectivity index (χ0) is 36.8. The summed E-state index contributed by atoms with van der Waals surface area (Å²) < 4.78 is 6.28. The molecule has 0 amide bonds. The van der Waals surface area contributed by atoms with Crippen molar-refractivity contribution in [2.75, 3.05) is 13.2 Å². The monoisotopic (exact) mass is 740 g/mol. The first-order valence-corrected chi connectivity index (χ1v) is 22.0. The highest BCUT2D eigenvalue weighted by molar-refractivity contribution is 7.99. The fourth-order valence-corrected chi connectivity index (χ4v) is 17.2. The molecule has 1 N–H and O–H groups in total. The van der Waals surface area contributed by atoms with Crippen LogP contribution in [0.1, 0.15) is 6.42 Å². The van der Waals surface area contributed by atoms with Crippen LogP contribution >= 0.6 is 14.5 Å². The highest BCUT2D eigenvalue weighted by Gasteiger charge is 2.55. The maximum atomic E-state index is 14.1. The third-order valence-electron chi connectivity index (χ3n) is 10.6. The summed E-state index contributed by atoms with van der Waals surface area (Å²) in [5.41, 5.74) is 2.29. The van der Waals surface area contributed by atoms with E-state index in [0.29, 0.717) is 19.6 Å². The second-order valence-corrected chi connectivity index (χ2v) is 20.5. The first kappa shape index (κ1) is 35.6. The summed E-state index contributed by atoms with van der Waals surface area (Å²) in [6.07, 6.45) is 7.96. The standard InChI is InChI=1S/C49H41O3P2/c50-36-49(54(43-25-13-4-14-26-43,44-27-15-5-16-28-44)45-29-17-6-18-30-45)47-35-39(51)34-46(33-38-31-32-52-37-48(38)47)53(40-19-7-1-8-20-40,41-21-9-2-10-22-41)42-23-11-3-12-24-42/h1-30,33-36,49H,31-32,37H2/q+1/p+1/b38-33?,39-34+,39-35?,46-33?,46-34?,47-35-,48-47?. The number of carbonyl (C=O) groups is 1. The normalized spacial score (nSPS) is 17.4. The van der Waals surface area contributed by atoms with Crippen LogP contribution in [0.2, 0.25) is 0 Å². The highest BCUT2D eigenvalue weighted by atomic mass is 31.2. The van der Waals surface area contributed by atoms with Gasteiger partial charge in [-0.3, -0.25) is 4.79 Å². The van der Waals surface area contributed by atoms with Crippen LogP contribution in [0.25, 0.3) is 0 Å². The van der Waals surface area contributed by atoms with Gasteiger partial charge in [0.15, 0.2) is 11.9 Å². The number of ether oxygens (including phenoxy) is 1. The zero-order valence-electron chi connectivity index (χ0n) is 30.0. The Morgan fingerprint density at radius 3 is 1.30 bits per heavy atom. The molecule has 6 aromatic rings. The van der Waals surface area contributed by atoms with Gasteiger partial charge in [0.05, 0.1) is 13.2 Å². The summed E-state index contributed by atoms with van der Waals surface area (Å²) in [6, 6.07) is 63.5. The van der Waals surface area contributed by atoms with Crippen molar-refractivity contribution in [3.8, 4) is 0 Å². The van der Waals surface area contributed by atoms with Crippen LogP contribution in [-0.2, 0) is 9.53 Å². The van der Waals surface area contributed by atoms with Crippen LogP contribution in [-0.4, -0.2) is 30.3 Å². The first-order chi connectivity index (χ1) is 26.7. The molecule has 54 heavy (non-hydrogen) atoms. The maximum Gasteiger partial charge on any atom is 0.165 e. The Morgan fingerprint density at radius 1 is 0.519 bits per heavy atom. The van der Waals surface area contributed by atoms with Crippen LogP contribution in [0.3, 0.4) is 0 Å². The number of hydrogen-bond acceptors (Lipinski definition) is 3. The number of carbonyl (C=O) groups excluding carboxylic acids is 1. The number of aliphatic hydroxyl groups is 1. The number of benzene rings is 6. The molecule has 6 aromatic carbocycles. The largest absolute Gasteiger partial charge is 0.508 e. The molecule has 1 aliphatic heterocycles. The number of aldehydes is 1. The molecule has 0 bridgehead atoms. The van der Waals surface area contributed by atoms with Crippen LogP contribution in [0.15, 0.2) is 228 Å². The minimum atomic E-state index is -2.72. The molecule has 1 heterocycles. The van der Waals surface area contributed by atoms with Gasteiger partial charge in [-0.25, -0.2) is 0 Å². The summed E-state index contributed by atoms with van der Waals surface area (Å²) in [6.45, 7) is 0.912. The fourth-order valence-electron chi connectivity index (χ4n) is 8.29. The van der Waals surface area contributed by atoms with E-state index in [1.807, 2.05) is 30.4 Å². The van der Waals surface area contributed by atoms with Crippen molar-refractivity contribution >= 4 is 52.6 Å². The Morgan fingerprint density at radius 2 is 0.907 bits per heavy atom. The van der Waals surface area contributed by atoms with Crippen molar-refractivity contribution in [3.63, 3.8) is 0 Å². The van der Waals surface area contributed by atoms with Crippen molar-refractivity contribution in [2.24, 2.45) is 0 Å². The minimum absolute atomic E-state index is 0.111. The Balaban J connectivity index is 1.43. The summed E-state index contributed by atoms with van der Waals surface area (Å²) >= 11 is 0. The van der Waals surface area contributed by atoms with Gasteiger partial charge >= 0.3 is 0 Å². The second kappa shape index (κ2) is 15.9. The van der Waals surface area contributed by atoms with E-state index in [9.17, 15) is 9.90 Å². The molecule has 5 heteroatoms. The van der Waals surface area contributed by atoms with E-state index in [0.717, 1.165) is 44.2 Å². The lowest BCUT2D eigenvalue weighted by Crippen LogP contribution is -2.41. The van der Waals surface area contributed by atoms with Gasteiger partial charge in [0, 0.05) is 11.6 Å². The minimum Gasteiger partial charge on any atom is -0.508 e. The van der Waals surface area contributed by atoms with E-state index in [4.69, 9.17) is 4.74 Å². The van der Waals surface area contributed by atoms with Gasteiger partial charge < -0.3 is 9.84 Å². The van der Waals surface area contributed by atoms with E-state index < -0.39 is 20.2 Å². The van der Waals surface area contributed by atoms with E-state index in [1.165, 1.54) is 15.9 Å². The molecule has 1 aliphatic carbocycles. The van der Waals surface area contributed by atoms with Crippen molar-refractivity contribution < 1.29 is 14.6 Å². The van der Waals surface area contributed by atoms with Crippen LogP contribution in [0.5, 0.6) is 0 Å².